The number of hydrogen-bond donors (Lipinski definition) is 0. The smallest absolute Gasteiger partial charge is 0.267 e. The summed E-state index contributed by atoms with van der Waals surface area (Å²) in [6.45, 7) is 9.28. The Kier molecular flexibility index (Phi) is 2.54. The predicted molar refractivity (Wildman–Crippen MR) is 82.6 cm³/mol. The van der Waals surface area contributed by atoms with Gasteiger partial charge in [0.15, 0.2) is 11.8 Å². The van der Waals surface area contributed by atoms with Gasteiger partial charge in [0.1, 0.15) is 12.6 Å². The van der Waals surface area contributed by atoms with E-state index in [1.807, 2.05) is 31.4 Å². The lowest BCUT2D eigenvalue weighted by molar-refractivity contribution is -0.660. The highest BCUT2D eigenvalue weighted by Crippen LogP contribution is 2.34. The van der Waals surface area contributed by atoms with Gasteiger partial charge in [-0.1, -0.05) is 6.07 Å². The Morgan fingerprint density at radius 3 is 2.91 bits per heavy atom. The van der Waals surface area contributed by atoms with Crippen LogP contribution in [0.25, 0.3) is 32.9 Å². The van der Waals surface area contributed by atoms with Gasteiger partial charge in [-0.3, -0.25) is 0 Å². The average Bonchev–Trinajstić information content (AvgIpc) is 3.07. The summed E-state index contributed by atoms with van der Waals surface area (Å²) in [5.41, 5.74) is 5.77. The Hall–Kier alpha value is -3.13. The van der Waals surface area contributed by atoms with Crippen molar-refractivity contribution in [1.29, 1.82) is 0 Å². The molecule has 4 rings (SSSR count). The van der Waals surface area contributed by atoms with E-state index in [0.29, 0.717) is 11.4 Å². The van der Waals surface area contributed by atoms with Gasteiger partial charge >= 0.3 is 0 Å². The molecule has 5 heteroatoms. The maximum Gasteiger partial charge on any atom is 0.267 e. The summed E-state index contributed by atoms with van der Waals surface area (Å²) in [7, 11) is 2.01. The summed E-state index contributed by atoms with van der Waals surface area (Å²) >= 11 is 0. The van der Waals surface area contributed by atoms with Crippen LogP contribution in [0.5, 0.6) is 0 Å². The third kappa shape index (κ3) is 1.58. The van der Waals surface area contributed by atoms with Crippen molar-refractivity contribution in [1.82, 2.24) is 9.61 Å². The third-order valence-corrected chi connectivity index (χ3v) is 3.91. The van der Waals surface area contributed by atoms with Gasteiger partial charge in [-0.15, -0.1) is 0 Å². The molecule has 0 amide bonds. The summed E-state index contributed by atoms with van der Waals surface area (Å²) in [4.78, 5) is 3.46. The number of fused-ring (bicyclic) bond motifs is 3. The van der Waals surface area contributed by atoms with Crippen LogP contribution in [0.4, 0.5) is 5.69 Å². The number of aromatic nitrogens is 3. The lowest BCUT2D eigenvalue weighted by Gasteiger charge is -2.04. The highest BCUT2D eigenvalue weighted by molar-refractivity contribution is 5.93. The molecule has 4 aromatic rings. The van der Waals surface area contributed by atoms with Gasteiger partial charge in [0.05, 0.1) is 18.3 Å². The number of aryl methyl sites for hydroxylation is 2. The minimum absolute atomic E-state index is 0.428. The molecule has 0 saturated heterocycles. The summed E-state index contributed by atoms with van der Waals surface area (Å²) in [5.74, 6) is 0. The molecular weight excluding hydrogens is 276 g/mol. The van der Waals surface area contributed by atoms with E-state index in [1.54, 1.807) is 4.52 Å². The number of benzene rings is 1. The Morgan fingerprint density at radius 2 is 2.14 bits per heavy atom. The molecular formula is C17H13N4O+. The Labute approximate surface area is 126 Å². The monoisotopic (exact) mass is 289 g/mol. The topological polar surface area (TPSA) is 38.7 Å². The zero-order chi connectivity index (χ0) is 15.3. The van der Waals surface area contributed by atoms with Crippen molar-refractivity contribution in [3.8, 4) is 11.3 Å². The van der Waals surface area contributed by atoms with Gasteiger partial charge in [0, 0.05) is 12.1 Å². The normalized spacial score (nSPS) is 11.1. The molecule has 0 radical (unpaired) electrons. The van der Waals surface area contributed by atoms with Crippen molar-refractivity contribution in [2.24, 2.45) is 7.05 Å². The zero-order valence-corrected chi connectivity index (χ0v) is 12.2. The summed E-state index contributed by atoms with van der Waals surface area (Å²) < 4.78 is 9.76. The molecule has 0 fully saturated rings. The van der Waals surface area contributed by atoms with Crippen LogP contribution in [0.1, 0.15) is 5.56 Å². The Morgan fingerprint density at radius 1 is 1.27 bits per heavy atom. The standard InChI is InChI=1S/C17H13N4O/c1-11-7-8-14-16(15(11)13-6-4-5-9-20(13)3)22-17-12(18-2)10-19-21(14)17/h4-10H,1,3H3/q+1. The van der Waals surface area contributed by atoms with Gasteiger partial charge in [-0.2, -0.15) is 5.10 Å². The molecule has 106 valence electrons. The molecule has 0 saturated carbocycles. The van der Waals surface area contributed by atoms with E-state index >= 15 is 0 Å². The fraction of sp³-hybridized carbons (Fsp3) is 0.118. The first-order valence-corrected chi connectivity index (χ1v) is 6.93. The summed E-state index contributed by atoms with van der Waals surface area (Å²) in [6, 6.07) is 10.1. The highest BCUT2D eigenvalue weighted by Gasteiger charge is 2.21. The highest BCUT2D eigenvalue weighted by atomic mass is 16.3. The van der Waals surface area contributed by atoms with E-state index in [0.717, 1.165) is 27.9 Å². The fourth-order valence-corrected chi connectivity index (χ4v) is 2.81. The van der Waals surface area contributed by atoms with Crippen LogP contribution in [-0.2, 0) is 7.05 Å². The first-order valence-electron chi connectivity index (χ1n) is 6.93. The maximum atomic E-state index is 7.22. The first kappa shape index (κ1) is 12.6. The Bertz CT molecular complexity index is 1070. The van der Waals surface area contributed by atoms with Crippen LogP contribution in [0, 0.1) is 13.5 Å². The molecule has 3 heterocycles. The maximum absolute atomic E-state index is 7.22. The molecule has 0 unspecified atom stereocenters. The minimum atomic E-state index is 0.428. The number of rotatable bonds is 1. The number of pyridine rings is 1. The largest absolute Gasteiger partial charge is 0.446 e. The second kappa shape index (κ2) is 4.43. The number of nitrogens with zero attached hydrogens (tertiary/aromatic N) is 4. The van der Waals surface area contributed by atoms with E-state index in [2.05, 4.69) is 33.6 Å². The Balaban J connectivity index is 2.17. The van der Waals surface area contributed by atoms with Gasteiger partial charge in [-0.25, -0.2) is 13.9 Å². The van der Waals surface area contributed by atoms with Gasteiger partial charge < -0.3 is 4.42 Å². The summed E-state index contributed by atoms with van der Waals surface area (Å²) in [5, 5.41) is 4.27. The van der Waals surface area contributed by atoms with Crippen LogP contribution in [-0.4, -0.2) is 9.61 Å². The predicted octanol–water partition coefficient (Wildman–Crippen LogP) is 3.43. The van der Waals surface area contributed by atoms with Gasteiger partial charge in [-0.05, 0) is 24.6 Å². The third-order valence-electron chi connectivity index (χ3n) is 3.91. The zero-order valence-electron chi connectivity index (χ0n) is 12.2. The van der Waals surface area contributed by atoms with E-state index in [-0.39, 0.29) is 0 Å². The second-order valence-electron chi connectivity index (χ2n) is 5.26. The SMILES string of the molecule is [C-]#[N+]c1cnn2c1oc1c(-c3cccc[n+]3C)c(C)ccc12. The molecule has 0 aliphatic carbocycles. The lowest BCUT2D eigenvalue weighted by Crippen LogP contribution is -2.30. The van der Waals surface area contributed by atoms with Crippen molar-refractivity contribution in [2.45, 2.75) is 6.92 Å². The molecule has 0 aliphatic heterocycles. The van der Waals surface area contributed by atoms with Crippen LogP contribution < -0.4 is 4.57 Å². The van der Waals surface area contributed by atoms with Crippen LogP contribution in [0.3, 0.4) is 0 Å². The first-order chi connectivity index (χ1) is 10.7. The van der Waals surface area contributed by atoms with E-state index < -0.39 is 0 Å². The molecule has 0 atom stereocenters. The van der Waals surface area contributed by atoms with Crippen molar-refractivity contribution >= 4 is 22.5 Å². The fourth-order valence-electron chi connectivity index (χ4n) is 2.81. The van der Waals surface area contributed by atoms with Crippen LogP contribution >= 0.6 is 0 Å². The molecule has 0 aliphatic rings. The number of oxazole rings is 1. The molecule has 0 bridgehead atoms. The van der Waals surface area contributed by atoms with Crippen molar-refractivity contribution in [3.05, 3.63) is 59.7 Å². The molecule has 0 spiro atoms. The van der Waals surface area contributed by atoms with E-state index in [1.165, 1.54) is 6.20 Å². The van der Waals surface area contributed by atoms with Crippen molar-refractivity contribution in [3.63, 3.8) is 0 Å². The number of hydrogen-bond acceptors (Lipinski definition) is 2. The van der Waals surface area contributed by atoms with Crippen LogP contribution in [0.15, 0.2) is 47.1 Å². The van der Waals surface area contributed by atoms with Gasteiger partial charge in [0.25, 0.3) is 5.69 Å². The van der Waals surface area contributed by atoms with E-state index in [4.69, 9.17) is 11.0 Å². The summed E-state index contributed by atoms with van der Waals surface area (Å²) in [6.07, 6.45) is 3.54. The molecule has 0 N–H and O–H groups in total. The lowest BCUT2D eigenvalue weighted by atomic mass is 10.0. The van der Waals surface area contributed by atoms with Crippen molar-refractivity contribution < 1.29 is 8.98 Å². The van der Waals surface area contributed by atoms with E-state index in [9.17, 15) is 0 Å². The molecule has 1 aromatic carbocycles. The molecule has 5 nitrogen and oxygen atoms in total. The molecule has 3 aromatic heterocycles. The minimum Gasteiger partial charge on any atom is -0.446 e. The quantitative estimate of drug-likeness (QED) is 0.398. The average molecular weight is 289 g/mol. The second-order valence-corrected chi connectivity index (χ2v) is 5.26. The molecule has 22 heavy (non-hydrogen) atoms. The van der Waals surface area contributed by atoms with Gasteiger partial charge in [0.2, 0.25) is 11.4 Å². The van der Waals surface area contributed by atoms with Crippen molar-refractivity contribution in [2.75, 3.05) is 0 Å². The van der Waals surface area contributed by atoms with Crippen LogP contribution in [0.2, 0.25) is 0 Å².